The molecule has 2 amide bonds. The van der Waals surface area contributed by atoms with Crippen molar-refractivity contribution in [1.82, 2.24) is 5.43 Å². The summed E-state index contributed by atoms with van der Waals surface area (Å²) in [6.45, 7) is 0. The largest absolute Gasteiger partial charge is 0.361 e. The number of aryl methyl sites for hydroxylation is 2. The highest BCUT2D eigenvalue weighted by atomic mass is 16.2. The molecule has 0 aliphatic heterocycles. The number of nitrogens with two attached hydrogens (primary N) is 1. The van der Waals surface area contributed by atoms with Crippen molar-refractivity contribution in [2.24, 2.45) is 10.8 Å². The molecule has 1 aliphatic carbocycles. The van der Waals surface area contributed by atoms with Crippen molar-refractivity contribution in [2.45, 2.75) is 19.3 Å². The van der Waals surface area contributed by atoms with E-state index in [0.29, 0.717) is 0 Å². The van der Waals surface area contributed by atoms with Gasteiger partial charge in [-0.3, -0.25) is 9.59 Å². The van der Waals surface area contributed by atoms with Crippen molar-refractivity contribution in [3.63, 3.8) is 0 Å². The van der Waals surface area contributed by atoms with Gasteiger partial charge in [0.25, 0.3) is 0 Å². The number of rotatable bonds is 2. The smallest absolute Gasteiger partial charge is 0.329 e. The van der Waals surface area contributed by atoms with E-state index < -0.39 is 11.8 Å². The van der Waals surface area contributed by atoms with Gasteiger partial charge in [0.1, 0.15) is 0 Å². The third-order valence-corrected chi connectivity index (χ3v) is 2.73. The Kier molecular flexibility index (Phi) is 3.18. The summed E-state index contributed by atoms with van der Waals surface area (Å²) < 4.78 is 0. The van der Waals surface area contributed by atoms with Gasteiger partial charge in [-0.15, -0.1) is 0 Å². The first-order valence-corrected chi connectivity index (χ1v) is 5.41. The third-order valence-electron chi connectivity index (χ3n) is 2.73. The van der Waals surface area contributed by atoms with Gasteiger partial charge >= 0.3 is 11.8 Å². The Bertz CT molecular complexity index is 495. The van der Waals surface area contributed by atoms with Gasteiger partial charge in [-0.25, -0.2) is 5.43 Å². The second kappa shape index (κ2) is 4.78. The summed E-state index contributed by atoms with van der Waals surface area (Å²) in [5.41, 5.74) is 10.4. The Labute approximate surface area is 98.7 Å². The van der Waals surface area contributed by atoms with Crippen LogP contribution < -0.4 is 11.2 Å². The fourth-order valence-electron chi connectivity index (χ4n) is 1.89. The van der Waals surface area contributed by atoms with Gasteiger partial charge < -0.3 is 5.73 Å². The quantitative estimate of drug-likeness (QED) is 0.430. The number of carbonyl (C=O) groups excluding carboxylic acids is 2. The van der Waals surface area contributed by atoms with E-state index in [1.54, 1.807) is 0 Å². The highest BCUT2D eigenvalue weighted by molar-refractivity contribution is 6.34. The maximum Gasteiger partial charge on any atom is 0.329 e. The standard InChI is InChI=1S/C12H13N3O2/c13-11(16)12(17)15-14-7-8-4-5-9-2-1-3-10(9)6-8/h4-7H,1-3H2,(H2,13,16)(H,15,17)/b14-7+. The summed E-state index contributed by atoms with van der Waals surface area (Å²) in [6, 6.07) is 6.05. The molecule has 5 heteroatoms. The van der Waals surface area contributed by atoms with Gasteiger partial charge in [0.05, 0.1) is 6.21 Å². The van der Waals surface area contributed by atoms with E-state index >= 15 is 0 Å². The van der Waals surface area contributed by atoms with E-state index in [-0.39, 0.29) is 0 Å². The second-order valence-corrected chi connectivity index (χ2v) is 3.95. The highest BCUT2D eigenvalue weighted by Gasteiger charge is 2.10. The van der Waals surface area contributed by atoms with Gasteiger partial charge in [0, 0.05) is 0 Å². The van der Waals surface area contributed by atoms with Crippen LogP contribution in [0.4, 0.5) is 0 Å². The number of primary amides is 1. The molecule has 3 N–H and O–H groups in total. The summed E-state index contributed by atoms with van der Waals surface area (Å²) in [7, 11) is 0. The van der Waals surface area contributed by atoms with Crippen molar-refractivity contribution < 1.29 is 9.59 Å². The van der Waals surface area contributed by atoms with Crippen LogP contribution in [-0.4, -0.2) is 18.0 Å². The topological polar surface area (TPSA) is 84.5 Å². The number of hydrazone groups is 1. The highest BCUT2D eigenvalue weighted by Crippen LogP contribution is 2.22. The minimum Gasteiger partial charge on any atom is -0.361 e. The minimum atomic E-state index is -1.05. The molecule has 0 unspecified atom stereocenters. The number of hydrogen-bond acceptors (Lipinski definition) is 3. The molecule has 88 valence electrons. The normalized spacial score (nSPS) is 13.6. The molecular weight excluding hydrogens is 218 g/mol. The predicted octanol–water partition coefficient (Wildman–Crippen LogP) is 0.111. The number of nitrogens with one attached hydrogen (secondary N) is 1. The van der Waals surface area contributed by atoms with E-state index in [2.05, 4.69) is 16.6 Å². The summed E-state index contributed by atoms with van der Waals surface area (Å²) in [5.74, 6) is -1.96. The van der Waals surface area contributed by atoms with E-state index in [4.69, 9.17) is 5.73 Å². The van der Waals surface area contributed by atoms with Crippen molar-refractivity contribution in [2.75, 3.05) is 0 Å². The Morgan fingerprint density at radius 1 is 1.29 bits per heavy atom. The predicted molar refractivity (Wildman–Crippen MR) is 63.4 cm³/mol. The van der Waals surface area contributed by atoms with Crippen LogP contribution in [0.2, 0.25) is 0 Å². The van der Waals surface area contributed by atoms with E-state index in [0.717, 1.165) is 18.4 Å². The molecule has 1 aliphatic rings. The SMILES string of the molecule is NC(=O)C(=O)N/N=C/c1ccc2c(c1)CCC2. The minimum absolute atomic E-state index is 0.899. The first-order valence-electron chi connectivity index (χ1n) is 5.41. The van der Waals surface area contributed by atoms with Crippen LogP contribution in [-0.2, 0) is 22.4 Å². The van der Waals surface area contributed by atoms with E-state index in [1.165, 1.54) is 23.8 Å². The molecular formula is C12H13N3O2. The summed E-state index contributed by atoms with van der Waals surface area (Å²) >= 11 is 0. The third kappa shape index (κ3) is 2.69. The number of hydrogen-bond donors (Lipinski definition) is 2. The van der Waals surface area contributed by atoms with Crippen LogP contribution in [0.5, 0.6) is 0 Å². The number of fused-ring (bicyclic) bond motifs is 1. The fraction of sp³-hybridized carbons (Fsp3) is 0.250. The molecule has 0 atom stereocenters. The van der Waals surface area contributed by atoms with Crippen LogP contribution in [0.1, 0.15) is 23.1 Å². The molecule has 0 bridgehead atoms. The summed E-state index contributed by atoms with van der Waals surface area (Å²) in [5, 5.41) is 3.66. The van der Waals surface area contributed by atoms with Crippen molar-refractivity contribution in [3.05, 3.63) is 34.9 Å². The van der Waals surface area contributed by atoms with Gasteiger partial charge in [-0.1, -0.05) is 12.1 Å². The molecule has 0 saturated carbocycles. The first kappa shape index (κ1) is 11.3. The molecule has 0 saturated heterocycles. The zero-order chi connectivity index (χ0) is 12.3. The van der Waals surface area contributed by atoms with Gasteiger partial charge in [-0.2, -0.15) is 5.10 Å². The number of amides is 2. The van der Waals surface area contributed by atoms with Crippen LogP contribution in [0, 0.1) is 0 Å². The lowest BCUT2D eigenvalue weighted by molar-refractivity contribution is -0.137. The molecule has 0 fully saturated rings. The lowest BCUT2D eigenvalue weighted by atomic mass is 10.1. The van der Waals surface area contributed by atoms with Crippen LogP contribution >= 0.6 is 0 Å². The van der Waals surface area contributed by atoms with Gasteiger partial charge in [-0.05, 0) is 42.0 Å². The number of nitrogens with zero attached hydrogens (tertiary/aromatic N) is 1. The average Bonchev–Trinajstić information content (AvgIpc) is 2.75. The molecule has 0 heterocycles. The molecule has 0 spiro atoms. The van der Waals surface area contributed by atoms with E-state index in [1.807, 2.05) is 12.1 Å². The lowest BCUT2D eigenvalue weighted by Gasteiger charge is -2.00. The van der Waals surface area contributed by atoms with E-state index in [9.17, 15) is 9.59 Å². The lowest BCUT2D eigenvalue weighted by Crippen LogP contribution is -2.32. The Morgan fingerprint density at radius 2 is 2.06 bits per heavy atom. The average molecular weight is 231 g/mol. The zero-order valence-electron chi connectivity index (χ0n) is 9.27. The maximum absolute atomic E-state index is 10.8. The molecule has 0 radical (unpaired) electrons. The van der Waals surface area contributed by atoms with Crippen LogP contribution in [0.3, 0.4) is 0 Å². The number of benzene rings is 1. The fourth-order valence-corrected chi connectivity index (χ4v) is 1.89. The summed E-state index contributed by atoms with van der Waals surface area (Å²) in [4.78, 5) is 21.3. The van der Waals surface area contributed by atoms with Crippen LogP contribution in [0.25, 0.3) is 0 Å². The van der Waals surface area contributed by atoms with Gasteiger partial charge in [0.15, 0.2) is 0 Å². The molecule has 1 aromatic carbocycles. The molecule has 1 aromatic rings. The van der Waals surface area contributed by atoms with Gasteiger partial charge in [0.2, 0.25) is 0 Å². The summed E-state index contributed by atoms with van der Waals surface area (Å²) in [6.07, 6.45) is 4.91. The zero-order valence-corrected chi connectivity index (χ0v) is 9.27. The Hall–Kier alpha value is -2.17. The number of carbonyl (C=O) groups is 2. The molecule has 0 aromatic heterocycles. The first-order chi connectivity index (χ1) is 8.16. The molecule has 17 heavy (non-hydrogen) atoms. The molecule has 5 nitrogen and oxygen atoms in total. The van der Waals surface area contributed by atoms with Crippen molar-refractivity contribution in [1.29, 1.82) is 0 Å². The second-order valence-electron chi connectivity index (χ2n) is 3.95. The monoisotopic (exact) mass is 231 g/mol. The van der Waals surface area contributed by atoms with Crippen molar-refractivity contribution >= 4 is 18.0 Å². The molecule has 2 rings (SSSR count). The van der Waals surface area contributed by atoms with Crippen LogP contribution in [0.15, 0.2) is 23.3 Å². The Balaban J connectivity index is 2.02. The van der Waals surface area contributed by atoms with Crippen molar-refractivity contribution in [3.8, 4) is 0 Å². The maximum atomic E-state index is 10.8. The Morgan fingerprint density at radius 3 is 2.82 bits per heavy atom.